The summed E-state index contributed by atoms with van der Waals surface area (Å²) in [6.07, 6.45) is 5.00. The zero-order valence-corrected chi connectivity index (χ0v) is 13.2. The van der Waals surface area contributed by atoms with Crippen molar-refractivity contribution in [2.24, 2.45) is 5.92 Å². The summed E-state index contributed by atoms with van der Waals surface area (Å²) in [6, 6.07) is 7.37. The average Bonchev–Trinajstić information content (AvgIpc) is 2.83. The molecule has 4 nitrogen and oxygen atoms in total. The Bertz CT molecular complexity index is 564. The molecule has 2 fully saturated rings. The zero-order chi connectivity index (χ0) is 15.6. The SMILES string of the molecule is O=C1C[C@@H](C(=O)NCc2ccc(Cl)cc2)C2(CCCCC2)O1. The standard InChI is InChI=1S/C17H20ClNO3/c18-13-6-4-12(5-7-13)11-19-16(21)14-10-15(20)22-17(14)8-2-1-3-9-17/h4-7,14H,1-3,8-11H2,(H,19,21)/t14-/m0/s1. The van der Waals surface area contributed by atoms with Gasteiger partial charge in [0.15, 0.2) is 0 Å². The van der Waals surface area contributed by atoms with E-state index in [9.17, 15) is 9.59 Å². The summed E-state index contributed by atoms with van der Waals surface area (Å²) in [5, 5.41) is 3.61. The lowest BCUT2D eigenvalue weighted by Gasteiger charge is -2.36. The summed E-state index contributed by atoms with van der Waals surface area (Å²) < 4.78 is 5.57. The second-order valence-corrected chi connectivity index (χ2v) is 6.64. The Hall–Kier alpha value is -1.55. The molecule has 118 valence electrons. The number of halogens is 1. The van der Waals surface area contributed by atoms with Gasteiger partial charge in [0.2, 0.25) is 5.91 Å². The van der Waals surface area contributed by atoms with Crippen LogP contribution in [0.4, 0.5) is 0 Å². The number of carbonyl (C=O) groups excluding carboxylic acids is 2. The second kappa shape index (κ2) is 6.29. The van der Waals surface area contributed by atoms with Crippen molar-refractivity contribution in [1.82, 2.24) is 5.32 Å². The number of carbonyl (C=O) groups is 2. The molecule has 3 rings (SSSR count). The first-order valence-corrected chi connectivity index (χ1v) is 8.21. The third-order valence-corrected chi connectivity index (χ3v) is 4.97. The van der Waals surface area contributed by atoms with Crippen molar-refractivity contribution in [2.45, 2.75) is 50.7 Å². The van der Waals surface area contributed by atoms with Gasteiger partial charge in [0.25, 0.3) is 0 Å². The van der Waals surface area contributed by atoms with Crippen molar-refractivity contribution in [1.29, 1.82) is 0 Å². The molecular weight excluding hydrogens is 302 g/mol. The van der Waals surface area contributed by atoms with Gasteiger partial charge in [0.05, 0.1) is 12.3 Å². The summed E-state index contributed by atoms with van der Waals surface area (Å²) >= 11 is 5.85. The summed E-state index contributed by atoms with van der Waals surface area (Å²) in [7, 11) is 0. The maximum Gasteiger partial charge on any atom is 0.307 e. The quantitative estimate of drug-likeness (QED) is 0.870. The summed E-state index contributed by atoms with van der Waals surface area (Å²) in [4.78, 5) is 24.3. The Balaban J connectivity index is 1.65. The van der Waals surface area contributed by atoms with Gasteiger partial charge in [-0.1, -0.05) is 30.2 Å². The molecule has 0 radical (unpaired) electrons. The molecule has 0 aromatic heterocycles. The Morgan fingerprint density at radius 3 is 2.59 bits per heavy atom. The first-order chi connectivity index (χ1) is 10.6. The summed E-state index contributed by atoms with van der Waals surface area (Å²) in [6.45, 7) is 0.441. The molecule has 1 aromatic rings. The van der Waals surface area contributed by atoms with Gasteiger partial charge in [-0.3, -0.25) is 9.59 Å². The number of nitrogens with one attached hydrogen (secondary N) is 1. The van der Waals surface area contributed by atoms with Crippen LogP contribution in [-0.4, -0.2) is 17.5 Å². The van der Waals surface area contributed by atoms with Crippen LogP contribution >= 0.6 is 11.6 Å². The van der Waals surface area contributed by atoms with Crippen molar-refractivity contribution in [3.63, 3.8) is 0 Å². The predicted molar refractivity (Wildman–Crippen MR) is 83.3 cm³/mol. The number of hydrogen-bond acceptors (Lipinski definition) is 3. The van der Waals surface area contributed by atoms with Gasteiger partial charge in [0.1, 0.15) is 5.60 Å². The molecule has 1 aliphatic heterocycles. The van der Waals surface area contributed by atoms with Crippen molar-refractivity contribution in [3.8, 4) is 0 Å². The molecular formula is C17H20ClNO3. The summed E-state index contributed by atoms with van der Waals surface area (Å²) in [5.41, 5.74) is 0.431. The van der Waals surface area contributed by atoms with Crippen LogP contribution in [0.25, 0.3) is 0 Å². The molecule has 1 saturated carbocycles. The fraction of sp³-hybridized carbons (Fsp3) is 0.529. The highest BCUT2D eigenvalue weighted by Crippen LogP contribution is 2.44. The normalized spacial score (nSPS) is 23.3. The van der Waals surface area contributed by atoms with Crippen molar-refractivity contribution in [2.75, 3.05) is 0 Å². The largest absolute Gasteiger partial charge is 0.458 e. The highest BCUT2D eigenvalue weighted by atomic mass is 35.5. The van der Waals surface area contributed by atoms with Crippen molar-refractivity contribution >= 4 is 23.5 Å². The van der Waals surface area contributed by atoms with Crippen LogP contribution in [0, 0.1) is 5.92 Å². The van der Waals surface area contributed by atoms with Gasteiger partial charge in [-0.2, -0.15) is 0 Å². The highest BCUT2D eigenvalue weighted by molar-refractivity contribution is 6.30. The molecule has 5 heteroatoms. The van der Waals surface area contributed by atoms with Crippen LogP contribution in [0.15, 0.2) is 24.3 Å². The van der Waals surface area contributed by atoms with Gasteiger partial charge in [-0.15, -0.1) is 0 Å². The monoisotopic (exact) mass is 321 g/mol. The molecule has 1 aliphatic carbocycles. The minimum atomic E-state index is -0.556. The summed E-state index contributed by atoms with van der Waals surface area (Å²) in [5.74, 6) is -0.677. The third-order valence-electron chi connectivity index (χ3n) is 4.72. The minimum absolute atomic E-state index is 0.0808. The van der Waals surface area contributed by atoms with E-state index in [1.165, 1.54) is 0 Å². The topological polar surface area (TPSA) is 55.4 Å². The zero-order valence-electron chi connectivity index (χ0n) is 12.4. The molecule has 1 N–H and O–H groups in total. The number of hydrogen-bond donors (Lipinski definition) is 1. The fourth-order valence-corrected chi connectivity index (χ4v) is 3.67. The number of rotatable bonds is 3. The Labute approximate surface area is 135 Å². The van der Waals surface area contributed by atoms with Crippen LogP contribution in [0.2, 0.25) is 5.02 Å². The van der Waals surface area contributed by atoms with E-state index in [1.54, 1.807) is 12.1 Å². The first kappa shape index (κ1) is 15.3. The maximum atomic E-state index is 12.5. The van der Waals surface area contributed by atoms with Crippen molar-refractivity contribution < 1.29 is 14.3 Å². The highest BCUT2D eigenvalue weighted by Gasteiger charge is 2.52. The van der Waals surface area contributed by atoms with Crippen LogP contribution in [0.1, 0.15) is 44.1 Å². The average molecular weight is 322 g/mol. The van der Waals surface area contributed by atoms with Crippen LogP contribution in [-0.2, 0) is 20.9 Å². The molecule has 22 heavy (non-hydrogen) atoms. The molecule has 1 atom stereocenters. The molecule has 0 bridgehead atoms. The van der Waals surface area contributed by atoms with Gasteiger partial charge in [0, 0.05) is 11.6 Å². The molecule has 1 spiro atoms. The van der Waals surface area contributed by atoms with Crippen molar-refractivity contribution in [3.05, 3.63) is 34.9 Å². The van der Waals surface area contributed by atoms with Crippen LogP contribution in [0.5, 0.6) is 0 Å². The number of amides is 1. The van der Waals surface area contributed by atoms with Gasteiger partial charge in [-0.25, -0.2) is 0 Å². The Morgan fingerprint density at radius 1 is 1.23 bits per heavy atom. The number of benzene rings is 1. The molecule has 0 unspecified atom stereocenters. The van der Waals surface area contributed by atoms with E-state index in [1.807, 2.05) is 12.1 Å². The molecule has 1 saturated heterocycles. The van der Waals surface area contributed by atoms with E-state index in [-0.39, 0.29) is 24.2 Å². The van der Waals surface area contributed by atoms with E-state index in [0.29, 0.717) is 11.6 Å². The predicted octanol–water partition coefficient (Wildman–Crippen LogP) is 3.22. The Morgan fingerprint density at radius 2 is 1.91 bits per heavy atom. The molecule has 1 heterocycles. The molecule has 1 aromatic carbocycles. The first-order valence-electron chi connectivity index (χ1n) is 7.83. The van der Waals surface area contributed by atoms with E-state index >= 15 is 0 Å². The van der Waals surface area contributed by atoms with Crippen LogP contribution in [0.3, 0.4) is 0 Å². The lowest BCUT2D eigenvalue weighted by molar-refractivity contribution is -0.153. The van der Waals surface area contributed by atoms with E-state index in [4.69, 9.17) is 16.3 Å². The lowest BCUT2D eigenvalue weighted by Crippen LogP contribution is -2.45. The molecule has 1 amide bonds. The van der Waals surface area contributed by atoms with Gasteiger partial charge in [-0.05, 0) is 43.4 Å². The maximum absolute atomic E-state index is 12.5. The van der Waals surface area contributed by atoms with Gasteiger partial charge >= 0.3 is 5.97 Å². The third kappa shape index (κ3) is 3.12. The number of esters is 1. The molecule has 2 aliphatic rings. The lowest BCUT2D eigenvalue weighted by atomic mass is 9.75. The van der Waals surface area contributed by atoms with Crippen LogP contribution < -0.4 is 5.32 Å². The van der Waals surface area contributed by atoms with E-state index in [2.05, 4.69) is 5.32 Å². The minimum Gasteiger partial charge on any atom is -0.458 e. The fourth-order valence-electron chi connectivity index (χ4n) is 3.54. The number of ether oxygens (including phenoxy) is 1. The smallest absolute Gasteiger partial charge is 0.307 e. The van der Waals surface area contributed by atoms with E-state index < -0.39 is 5.60 Å². The Kier molecular flexibility index (Phi) is 4.39. The van der Waals surface area contributed by atoms with Gasteiger partial charge < -0.3 is 10.1 Å². The van der Waals surface area contributed by atoms with E-state index in [0.717, 1.165) is 37.7 Å². The second-order valence-electron chi connectivity index (χ2n) is 6.20.